The maximum absolute atomic E-state index is 2.33. The van der Waals surface area contributed by atoms with E-state index >= 15 is 0 Å². The minimum Gasteiger partial charge on any atom is -0.0718 e. The molecule has 2 aromatic carbocycles. The Balaban J connectivity index is 0.00000133. The third kappa shape index (κ3) is 3.48. The van der Waals surface area contributed by atoms with Crippen molar-refractivity contribution in [3.05, 3.63) is 66.2 Å². The molecule has 1 saturated heterocycles. The van der Waals surface area contributed by atoms with Gasteiger partial charge in [-0.25, -0.2) is 0 Å². The van der Waals surface area contributed by atoms with E-state index in [-0.39, 0.29) is 16.3 Å². The van der Waals surface area contributed by atoms with Crippen LogP contribution in [0.25, 0.3) is 0 Å². The Bertz CT molecular complexity index is 483. The van der Waals surface area contributed by atoms with Gasteiger partial charge < -0.3 is 0 Å². The summed E-state index contributed by atoms with van der Waals surface area (Å²) >= 11 is 0. The van der Waals surface area contributed by atoms with Crippen LogP contribution >= 0.6 is 7.92 Å². The summed E-state index contributed by atoms with van der Waals surface area (Å²) in [5, 5.41) is 1.60. The third-order valence-corrected chi connectivity index (χ3v) is 6.86. The molecule has 2 atom stereocenters. The first-order valence-corrected chi connectivity index (χ1v) is 8.39. The van der Waals surface area contributed by atoms with E-state index in [0.717, 1.165) is 5.66 Å². The van der Waals surface area contributed by atoms with Crippen molar-refractivity contribution in [3.63, 3.8) is 0 Å². The minimum absolute atomic E-state index is 0. The van der Waals surface area contributed by atoms with Crippen LogP contribution in [0.15, 0.2) is 60.7 Å². The smallest absolute Gasteiger partial charge is 0.0718 e. The van der Waals surface area contributed by atoms with Crippen LogP contribution in [0.2, 0.25) is 0 Å². The number of rotatable bonds is 3. The molecule has 19 heavy (non-hydrogen) atoms. The molecule has 0 amide bonds. The van der Waals surface area contributed by atoms with Gasteiger partial charge in [0, 0.05) is 0 Å². The van der Waals surface area contributed by atoms with Crippen LogP contribution in [0.1, 0.15) is 18.4 Å². The summed E-state index contributed by atoms with van der Waals surface area (Å²) in [5.41, 5.74) is 2.40. The highest BCUT2D eigenvalue weighted by atomic mass is 31.1. The van der Waals surface area contributed by atoms with Crippen molar-refractivity contribution in [2.75, 3.05) is 6.16 Å². The van der Waals surface area contributed by atoms with Crippen LogP contribution in [0.5, 0.6) is 0 Å². The molecule has 0 bridgehead atoms. The molecule has 2 heteroatoms. The standard InChI is InChI=1S/C17H19P.BH3/c1-3-8-15(9-4-1)14-17-12-7-13-18(17)16-10-5-2-6-11-16;/h1-6,8-11,17H,7,12-14H2;1H3/t17-,18-;/m1./s1. The second-order valence-corrected chi connectivity index (χ2v) is 7.65. The number of hydrogen-bond acceptors (Lipinski definition) is 0. The van der Waals surface area contributed by atoms with Crippen LogP contribution in [0, 0.1) is 0 Å². The summed E-state index contributed by atoms with van der Waals surface area (Å²) < 4.78 is 0. The van der Waals surface area contributed by atoms with Gasteiger partial charge in [0.05, 0.1) is 8.41 Å². The fourth-order valence-electron chi connectivity index (χ4n) is 2.89. The Morgan fingerprint density at radius 3 is 2.21 bits per heavy atom. The number of benzene rings is 2. The average Bonchev–Trinajstić information content (AvgIpc) is 2.89. The minimum atomic E-state index is 0. The molecule has 0 N–H and O–H groups in total. The van der Waals surface area contributed by atoms with Crippen LogP contribution in [0.3, 0.4) is 0 Å². The van der Waals surface area contributed by atoms with E-state index in [2.05, 4.69) is 60.7 Å². The highest BCUT2D eigenvalue weighted by Crippen LogP contribution is 2.50. The maximum Gasteiger partial charge on any atom is 0.0814 e. The quantitative estimate of drug-likeness (QED) is 0.593. The van der Waals surface area contributed by atoms with Crippen molar-refractivity contribution < 1.29 is 0 Å². The Kier molecular flexibility index (Phi) is 5.22. The van der Waals surface area contributed by atoms with Crippen molar-refractivity contribution >= 4 is 21.6 Å². The zero-order valence-electron chi connectivity index (χ0n) is 10.6. The zero-order chi connectivity index (χ0) is 12.2. The predicted octanol–water partition coefficient (Wildman–Crippen LogP) is 3.02. The summed E-state index contributed by atoms with van der Waals surface area (Å²) in [6.07, 6.45) is 5.52. The Labute approximate surface area is 119 Å². The second kappa shape index (κ2) is 6.92. The molecule has 1 aliphatic heterocycles. The fraction of sp³-hybridized carbons (Fsp3) is 0.294. The molecule has 1 fully saturated rings. The lowest BCUT2D eigenvalue weighted by Crippen LogP contribution is -2.12. The molecule has 3 rings (SSSR count). The Morgan fingerprint density at radius 2 is 1.53 bits per heavy atom. The molecule has 1 aliphatic rings. The first-order chi connectivity index (χ1) is 8.93. The van der Waals surface area contributed by atoms with E-state index < -0.39 is 0 Å². The highest BCUT2D eigenvalue weighted by Gasteiger charge is 2.27. The third-order valence-electron chi connectivity index (χ3n) is 3.78. The lowest BCUT2D eigenvalue weighted by atomic mass is 10.1. The van der Waals surface area contributed by atoms with Gasteiger partial charge in [-0.15, -0.1) is 0 Å². The van der Waals surface area contributed by atoms with Gasteiger partial charge >= 0.3 is 0 Å². The van der Waals surface area contributed by atoms with E-state index in [1.807, 2.05) is 0 Å². The van der Waals surface area contributed by atoms with Gasteiger partial charge in [-0.2, -0.15) is 0 Å². The topological polar surface area (TPSA) is 0 Å². The second-order valence-electron chi connectivity index (χ2n) is 5.01. The van der Waals surface area contributed by atoms with Crippen LogP contribution in [-0.4, -0.2) is 20.2 Å². The Hall–Kier alpha value is -1.07. The summed E-state index contributed by atoms with van der Waals surface area (Å²) in [6.45, 7) is 0. The molecule has 0 saturated carbocycles. The molecule has 0 radical (unpaired) electrons. The summed E-state index contributed by atoms with van der Waals surface area (Å²) in [5.74, 6) is 0. The zero-order valence-corrected chi connectivity index (χ0v) is 11.5. The van der Waals surface area contributed by atoms with Crippen LogP contribution < -0.4 is 5.30 Å². The summed E-state index contributed by atoms with van der Waals surface area (Å²) in [4.78, 5) is 0. The van der Waals surface area contributed by atoms with Crippen molar-refractivity contribution in [2.24, 2.45) is 0 Å². The Morgan fingerprint density at radius 1 is 0.895 bits per heavy atom. The van der Waals surface area contributed by atoms with Gasteiger partial charge in [-0.1, -0.05) is 68.6 Å². The normalized spacial score (nSPS) is 21.9. The van der Waals surface area contributed by atoms with E-state index in [9.17, 15) is 0 Å². The van der Waals surface area contributed by atoms with Gasteiger partial charge in [0.15, 0.2) is 0 Å². The van der Waals surface area contributed by atoms with Gasteiger partial charge in [-0.3, -0.25) is 0 Å². The van der Waals surface area contributed by atoms with Crippen LogP contribution in [-0.2, 0) is 6.42 Å². The van der Waals surface area contributed by atoms with E-state index in [1.54, 1.807) is 5.30 Å². The lowest BCUT2D eigenvalue weighted by Gasteiger charge is -2.20. The van der Waals surface area contributed by atoms with Crippen LogP contribution in [0.4, 0.5) is 0 Å². The molecule has 2 aromatic rings. The van der Waals surface area contributed by atoms with Gasteiger partial charge in [0.25, 0.3) is 0 Å². The van der Waals surface area contributed by atoms with Gasteiger partial charge in [0.2, 0.25) is 0 Å². The summed E-state index contributed by atoms with van der Waals surface area (Å²) in [6, 6.07) is 22.1. The largest absolute Gasteiger partial charge is 0.0814 e. The van der Waals surface area contributed by atoms with E-state index in [4.69, 9.17) is 0 Å². The van der Waals surface area contributed by atoms with Gasteiger partial charge in [-0.05, 0) is 42.0 Å². The molecule has 98 valence electrons. The fourth-order valence-corrected chi connectivity index (χ4v) is 5.94. The molecule has 1 heterocycles. The van der Waals surface area contributed by atoms with Crippen molar-refractivity contribution in [2.45, 2.75) is 24.9 Å². The van der Waals surface area contributed by atoms with E-state index in [0.29, 0.717) is 0 Å². The first kappa shape index (κ1) is 14.3. The molecule has 0 aromatic heterocycles. The monoisotopic (exact) mass is 268 g/mol. The maximum atomic E-state index is 2.33. The molecule has 0 spiro atoms. The average molecular weight is 268 g/mol. The van der Waals surface area contributed by atoms with Crippen molar-refractivity contribution in [1.29, 1.82) is 0 Å². The molecule has 0 unspecified atom stereocenters. The van der Waals surface area contributed by atoms with E-state index in [1.165, 1.54) is 31.0 Å². The molecular formula is C17H22BP. The van der Waals surface area contributed by atoms with Crippen molar-refractivity contribution in [3.8, 4) is 0 Å². The lowest BCUT2D eigenvalue weighted by molar-refractivity contribution is 0.774. The van der Waals surface area contributed by atoms with Gasteiger partial charge in [0.1, 0.15) is 0 Å². The summed E-state index contributed by atoms with van der Waals surface area (Å²) in [7, 11) is 0.0727. The molecular weight excluding hydrogens is 246 g/mol. The highest BCUT2D eigenvalue weighted by molar-refractivity contribution is 7.66. The SMILES string of the molecule is B.c1ccc(C[C@H]2CCC[P@]2c2ccccc2)cc1. The predicted molar refractivity (Wildman–Crippen MR) is 91.0 cm³/mol. The molecule has 0 nitrogen and oxygen atoms in total. The molecule has 0 aliphatic carbocycles. The first-order valence-electron chi connectivity index (χ1n) is 6.79. The van der Waals surface area contributed by atoms with Crippen molar-refractivity contribution in [1.82, 2.24) is 0 Å². The number of hydrogen-bond donors (Lipinski definition) is 0.